The Kier molecular flexibility index (Phi) is 2.01. The summed E-state index contributed by atoms with van der Waals surface area (Å²) in [7, 11) is 0. The van der Waals surface area contributed by atoms with Crippen LogP contribution in [0.2, 0.25) is 0 Å². The summed E-state index contributed by atoms with van der Waals surface area (Å²) in [5.74, 6) is 0.611. The molecule has 1 aromatic rings. The van der Waals surface area contributed by atoms with Crippen LogP contribution in [0, 0.1) is 0 Å². The highest BCUT2D eigenvalue weighted by molar-refractivity contribution is 4.94. The zero-order valence-corrected chi connectivity index (χ0v) is 5.67. The maximum atomic E-state index is 11.8. The third-order valence-electron chi connectivity index (χ3n) is 1.09. The number of aromatic nitrogens is 1. The van der Waals surface area contributed by atoms with Gasteiger partial charge < -0.3 is 10.2 Å². The maximum Gasteiger partial charge on any atom is 0.211 e. The van der Waals surface area contributed by atoms with E-state index in [1.807, 2.05) is 0 Å². The second kappa shape index (κ2) is 2.79. The molecular weight excluding hydrogens is 135 g/mol. The number of alkyl halides is 1. The number of nitrogens with zero attached hydrogens (tertiary/aromatic N) is 1. The first kappa shape index (κ1) is 7.21. The summed E-state index contributed by atoms with van der Waals surface area (Å²) < 4.78 is 16.7. The van der Waals surface area contributed by atoms with Crippen LogP contribution >= 0.6 is 0 Å². The van der Waals surface area contributed by atoms with Gasteiger partial charge >= 0.3 is 0 Å². The normalized spacial score (nSPS) is 13.5. The molecule has 0 saturated carbocycles. The minimum absolute atomic E-state index is 0.229. The fraction of sp³-hybridized carbons (Fsp3) is 0.500. The van der Waals surface area contributed by atoms with Gasteiger partial charge in [0.25, 0.3) is 0 Å². The van der Waals surface area contributed by atoms with Gasteiger partial charge in [-0.3, -0.25) is 0 Å². The Bertz CT molecular complexity index is 209. The molecule has 1 atom stereocenters. The Morgan fingerprint density at radius 3 is 2.90 bits per heavy atom. The van der Waals surface area contributed by atoms with E-state index in [1.54, 1.807) is 6.92 Å². The van der Waals surface area contributed by atoms with Crippen molar-refractivity contribution < 1.29 is 8.81 Å². The summed E-state index contributed by atoms with van der Waals surface area (Å²) >= 11 is 0. The van der Waals surface area contributed by atoms with Crippen molar-refractivity contribution in [1.29, 1.82) is 0 Å². The van der Waals surface area contributed by atoms with Crippen LogP contribution in [0.1, 0.15) is 24.6 Å². The standard InChI is InChI=1S/C6H9FN2O/c1-4(8)6-9-3-5(2-7)10-6/h3-4H,2,8H2,1H3. The molecule has 0 spiro atoms. The Morgan fingerprint density at radius 1 is 1.90 bits per heavy atom. The molecule has 0 fully saturated rings. The highest BCUT2D eigenvalue weighted by Gasteiger charge is 2.06. The first-order chi connectivity index (χ1) is 4.74. The molecule has 56 valence electrons. The van der Waals surface area contributed by atoms with E-state index in [1.165, 1.54) is 6.20 Å². The van der Waals surface area contributed by atoms with Gasteiger partial charge in [0.1, 0.15) is 6.67 Å². The Morgan fingerprint density at radius 2 is 2.60 bits per heavy atom. The average Bonchev–Trinajstić information content (AvgIpc) is 2.34. The second-order valence-electron chi connectivity index (χ2n) is 2.09. The zero-order chi connectivity index (χ0) is 7.56. The van der Waals surface area contributed by atoms with Gasteiger partial charge in [-0.2, -0.15) is 0 Å². The predicted octanol–water partition coefficient (Wildman–Crippen LogP) is 1.16. The van der Waals surface area contributed by atoms with Gasteiger partial charge in [0.15, 0.2) is 5.76 Å². The number of rotatable bonds is 2. The summed E-state index contributed by atoms with van der Waals surface area (Å²) in [4.78, 5) is 3.75. The van der Waals surface area contributed by atoms with Crippen molar-refractivity contribution >= 4 is 0 Å². The molecule has 1 unspecified atom stereocenters. The molecule has 2 N–H and O–H groups in total. The molecule has 1 heterocycles. The summed E-state index contributed by atoms with van der Waals surface area (Å²) in [5.41, 5.74) is 5.40. The van der Waals surface area contributed by atoms with Crippen molar-refractivity contribution in [3.8, 4) is 0 Å². The Hall–Kier alpha value is -0.900. The lowest BCUT2D eigenvalue weighted by molar-refractivity contribution is 0.364. The molecule has 4 heteroatoms. The van der Waals surface area contributed by atoms with Crippen molar-refractivity contribution in [2.45, 2.75) is 19.6 Å². The molecule has 10 heavy (non-hydrogen) atoms. The van der Waals surface area contributed by atoms with Crippen LogP contribution in [-0.2, 0) is 6.67 Å². The van der Waals surface area contributed by atoms with Gasteiger partial charge in [0.2, 0.25) is 5.89 Å². The van der Waals surface area contributed by atoms with E-state index in [4.69, 9.17) is 10.2 Å². The van der Waals surface area contributed by atoms with E-state index in [9.17, 15) is 4.39 Å². The third-order valence-corrected chi connectivity index (χ3v) is 1.09. The number of hydrogen-bond acceptors (Lipinski definition) is 3. The largest absolute Gasteiger partial charge is 0.441 e. The molecule has 0 aromatic carbocycles. The molecule has 1 rings (SSSR count). The van der Waals surface area contributed by atoms with E-state index >= 15 is 0 Å². The zero-order valence-electron chi connectivity index (χ0n) is 5.67. The van der Waals surface area contributed by atoms with Gasteiger partial charge in [-0.25, -0.2) is 9.37 Å². The van der Waals surface area contributed by atoms with Crippen LogP contribution in [0.4, 0.5) is 4.39 Å². The minimum atomic E-state index is -0.625. The van der Waals surface area contributed by atoms with Crippen LogP contribution in [0.15, 0.2) is 10.6 Å². The summed E-state index contributed by atoms with van der Waals surface area (Å²) in [6.07, 6.45) is 1.35. The molecule has 0 aliphatic rings. The van der Waals surface area contributed by atoms with Crippen LogP contribution in [0.25, 0.3) is 0 Å². The van der Waals surface area contributed by atoms with Crippen molar-refractivity contribution in [2.24, 2.45) is 5.73 Å². The van der Waals surface area contributed by atoms with Crippen molar-refractivity contribution in [2.75, 3.05) is 0 Å². The van der Waals surface area contributed by atoms with Crippen molar-refractivity contribution in [3.63, 3.8) is 0 Å². The van der Waals surface area contributed by atoms with Crippen LogP contribution in [-0.4, -0.2) is 4.98 Å². The monoisotopic (exact) mass is 144 g/mol. The van der Waals surface area contributed by atoms with Gasteiger partial charge in [0.05, 0.1) is 12.2 Å². The second-order valence-corrected chi connectivity index (χ2v) is 2.09. The van der Waals surface area contributed by atoms with E-state index < -0.39 is 6.67 Å². The number of halogens is 1. The molecule has 0 amide bonds. The summed E-state index contributed by atoms with van der Waals surface area (Å²) in [5, 5.41) is 0. The molecule has 1 aromatic heterocycles. The number of oxazole rings is 1. The number of nitrogens with two attached hydrogens (primary N) is 1. The fourth-order valence-corrected chi connectivity index (χ4v) is 0.595. The van der Waals surface area contributed by atoms with Gasteiger partial charge in [-0.15, -0.1) is 0 Å². The topological polar surface area (TPSA) is 52.0 Å². The van der Waals surface area contributed by atoms with Gasteiger partial charge in [0, 0.05) is 0 Å². The maximum absolute atomic E-state index is 11.8. The lowest BCUT2D eigenvalue weighted by Gasteiger charge is -1.95. The predicted molar refractivity (Wildman–Crippen MR) is 33.9 cm³/mol. The molecule has 0 saturated heterocycles. The van der Waals surface area contributed by atoms with E-state index in [0.29, 0.717) is 5.89 Å². The minimum Gasteiger partial charge on any atom is -0.441 e. The van der Waals surface area contributed by atoms with Gasteiger partial charge in [-0.05, 0) is 6.92 Å². The smallest absolute Gasteiger partial charge is 0.211 e. The molecule has 0 aliphatic carbocycles. The molecule has 3 nitrogen and oxygen atoms in total. The molecule has 0 bridgehead atoms. The average molecular weight is 144 g/mol. The van der Waals surface area contributed by atoms with E-state index in [2.05, 4.69) is 4.98 Å². The quantitative estimate of drug-likeness (QED) is 0.677. The molecule has 0 radical (unpaired) electrons. The van der Waals surface area contributed by atoms with Crippen LogP contribution in [0.3, 0.4) is 0 Å². The SMILES string of the molecule is CC(N)c1ncc(CF)o1. The summed E-state index contributed by atoms with van der Waals surface area (Å²) in [6.45, 7) is 1.10. The summed E-state index contributed by atoms with van der Waals surface area (Å²) in [6, 6.07) is -0.264. The molecular formula is C6H9FN2O. The first-order valence-electron chi connectivity index (χ1n) is 3.00. The fourth-order valence-electron chi connectivity index (χ4n) is 0.595. The van der Waals surface area contributed by atoms with Crippen molar-refractivity contribution in [3.05, 3.63) is 17.8 Å². The first-order valence-corrected chi connectivity index (χ1v) is 3.00. The highest BCUT2D eigenvalue weighted by atomic mass is 19.1. The number of hydrogen-bond donors (Lipinski definition) is 1. The Balaban J connectivity index is 2.78. The lowest BCUT2D eigenvalue weighted by atomic mass is 10.4. The highest BCUT2D eigenvalue weighted by Crippen LogP contribution is 2.10. The van der Waals surface area contributed by atoms with Crippen molar-refractivity contribution in [1.82, 2.24) is 4.98 Å². The molecule has 0 aliphatic heterocycles. The lowest BCUT2D eigenvalue weighted by Crippen LogP contribution is -2.04. The third kappa shape index (κ3) is 1.33. The Labute approximate surface area is 58.0 Å². The van der Waals surface area contributed by atoms with Gasteiger partial charge in [-0.1, -0.05) is 0 Å². The van der Waals surface area contributed by atoms with Crippen LogP contribution in [0.5, 0.6) is 0 Å². The van der Waals surface area contributed by atoms with Crippen LogP contribution < -0.4 is 5.73 Å². The van der Waals surface area contributed by atoms with E-state index in [0.717, 1.165) is 0 Å². The van der Waals surface area contributed by atoms with E-state index in [-0.39, 0.29) is 11.8 Å².